The fraction of sp³-hybridized carbons (Fsp3) is 0.474. The van der Waals surface area contributed by atoms with Gasteiger partial charge in [0.05, 0.1) is 25.4 Å². The molecule has 0 radical (unpaired) electrons. The van der Waals surface area contributed by atoms with Gasteiger partial charge in [-0.2, -0.15) is 0 Å². The van der Waals surface area contributed by atoms with Crippen molar-refractivity contribution >= 4 is 11.8 Å². The summed E-state index contributed by atoms with van der Waals surface area (Å²) in [6.07, 6.45) is 5.88. The van der Waals surface area contributed by atoms with Crippen LogP contribution in [0.2, 0.25) is 0 Å². The molecule has 0 bridgehead atoms. The normalized spacial score (nSPS) is 21.2. The van der Waals surface area contributed by atoms with Gasteiger partial charge in [-0.3, -0.25) is 19.7 Å². The predicted octanol–water partition coefficient (Wildman–Crippen LogP) is 5.31. The lowest BCUT2D eigenvalue weighted by molar-refractivity contribution is -0.253. The number of aliphatic hydroxyl groups is 2. The first-order valence-corrected chi connectivity index (χ1v) is 17.2. The van der Waals surface area contributed by atoms with Crippen LogP contribution >= 0.6 is 0 Å². The highest BCUT2D eigenvalue weighted by Gasteiger charge is 2.35. The number of rotatable bonds is 16. The van der Waals surface area contributed by atoms with Crippen LogP contribution in [0.15, 0.2) is 72.8 Å². The summed E-state index contributed by atoms with van der Waals surface area (Å²) in [6.45, 7) is 2.30. The number of carbonyl (C=O) groups is 2. The van der Waals surface area contributed by atoms with Gasteiger partial charge in [0.2, 0.25) is 11.8 Å². The van der Waals surface area contributed by atoms with E-state index in [0.29, 0.717) is 25.8 Å². The summed E-state index contributed by atoms with van der Waals surface area (Å²) in [4.78, 5) is 25.8. The van der Waals surface area contributed by atoms with Crippen LogP contribution < -0.4 is 10.8 Å². The highest BCUT2D eigenvalue weighted by Crippen LogP contribution is 2.39. The van der Waals surface area contributed by atoms with E-state index in [1.165, 1.54) is 0 Å². The Labute approximate surface area is 283 Å². The smallest absolute Gasteiger partial charge is 0.243 e. The van der Waals surface area contributed by atoms with Crippen LogP contribution in [0.4, 0.5) is 0 Å². The van der Waals surface area contributed by atoms with E-state index in [-0.39, 0.29) is 49.7 Å². The Morgan fingerprint density at radius 2 is 1.54 bits per heavy atom. The van der Waals surface area contributed by atoms with E-state index in [0.717, 1.165) is 78.6 Å². The summed E-state index contributed by atoms with van der Waals surface area (Å²) >= 11 is 0. The molecule has 3 aromatic rings. The minimum absolute atomic E-state index is 0.000613. The third-order valence-corrected chi connectivity index (χ3v) is 9.38. The number of likely N-dealkylation sites (tertiary alicyclic amines) is 1. The minimum atomic E-state index is -0.544. The number of hydrogen-bond donors (Lipinski definition) is 5. The number of carbonyl (C=O) groups excluding carboxylic acids is 2. The van der Waals surface area contributed by atoms with Gasteiger partial charge in [-0.15, -0.1) is 0 Å². The third-order valence-electron chi connectivity index (χ3n) is 9.38. The molecular formula is C38H49N3O7. The first-order valence-electron chi connectivity index (χ1n) is 17.2. The maximum Gasteiger partial charge on any atom is 0.243 e. The Morgan fingerprint density at radius 1 is 0.812 bits per heavy atom. The second-order valence-electron chi connectivity index (χ2n) is 12.9. The lowest BCUT2D eigenvalue weighted by atomic mass is 9.98. The van der Waals surface area contributed by atoms with Crippen LogP contribution in [0.1, 0.15) is 92.4 Å². The monoisotopic (exact) mass is 659 g/mol. The lowest BCUT2D eigenvalue weighted by Crippen LogP contribution is -2.42. The number of aliphatic hydroxyl groups excluding tert-OH is 2. The summed E-state index contributed by atoms with van der Waals surface area (Å²) in [6, 6.07) is 24.5. The Hall–Kier alpha value is -3.64. The highest BCUT2D eigenvalue weighted by molar-refractivity contribution is 5.76. The van der Waals surface area contributed by atoms with Gasteiger partial charge in [0, 0.05) is 44.0 Å². The molecule has 48 heavy (non-hydrogen) atoms. The fourth-order valence-electron chi connectivity index (χ4n) is 6.60. The number of benzene rings is 3. The van der Waals surface area contributed by atoms with Gasteiger partial charge in [-0.05, 0) is 66.1 Å². The SMILES string of the molecule is O=C(CCCCCCC(=O)NCc1cccc(-c2ccc(C3OC(CN4CCCC4CO)CC(c4ccc(CO)cc4)O3)cc2)c1)NO. The van der Waals surface area contributed by atoms with Crippen molar-refractivity contribution in [3.8, 4) is 11.1 Å². The molecule has 10 heteroatoms. The van der Waals surface area contributed by atoms with Crippen LogP contribution in [-0.4, -0.2) is 64.0 Å². The Kier molecular flexibility index (Phi) is 13.5. The highest BCUT2D eigenvalue weighted by atomic mass is 16.7. The molecule has 2 aliphatic heterocycles. The summed E-state index contributed by atoms with van der Waals surface area (Å²) in [7, 11) is 0. The predicted molar refractivity (Wildman–Crippen MR) is 181 cm³/mol. The Bertz CT molecular complexity index is 1450. The van der Waals surface area contributed by atoms with Gasteiger partial charge >= 0.3 is 0 Å². The quantitative estimate of drug-likeness (QED) is 0.0792. The average Bonchev–Trinajstić information content (AvgIpc) is 3.59. The van der Waals surface area contributed by atoms with Gasteiger partial charge in [0.1, 0.15) is 0 Å². The van der Waals surface area contributed by atoms with Crippen LogP contribution in [-0.2, 0) is 32.2 Å². The zero-order valence-corrected chi connectivity index (χ0v) is 27.6. The van der Waals surface area contributed by atoms with Gasteiger partial charge < -0.3 is 25.0 Å². The number of hydroxylamine groups is 1. The first kappa shape index (κ1) is 35.7. The second kappa shape index (κ2) is 18.2. The van der Waals surface area contributed by atoms with Gasteiger partial charge in [0.15, 0.2) is 6.29 Å². The third kappa shape index (κ3) is 10.2. The maximum atomic E-state index is 12.4. The van der Waals surface area contributed by atoms with Crippen molar-refractivity contribution in [2.75, 3.05) is 19.7 Å². The zero-order chi connectivity index (χ0) is 33.7. The molecule has 3 aromatic carbocycles. The number of nitrogens with zero attached hydrogens (tertiary/aromatic N) is 1. The van der Waals surface area contributed by atoms with E-state index in [1.54, 1.807) is 5.48 Å². The van der Waals surface area contributed by atoms with Crippen LogP contribution in [0.3, 0.4) is 0 Å². The number of amides is 2. The molecule has 258 valence electrons. The Balaban J connectivity index is 1.18. The van der Waals surface area contributed by atoms with E-state index >= 15 is 0 Å². The molecule has 2 amide bonds. The molecule has 0 aliphatic carbocycles. The van der Waals surface area contributed by atoms with Crippen molar-refractivity contribution in [2.24, 2.45) is 0 Å². The van der Waals surface area contributed by atoms with Crippen molar-refractivity contribution in [2.45, 2.75) is 95.5 Å². The molecule has 2 heterocycles. The van der Waals surface area contributed by atoms with Gasteiger partial charge in [0.25, 0.3) is 0 Å². The zero-order valence-electron chi connectivity index (χ0n) is 27.6. The minimum Gasteiger partial charge on any atom is -0.395 e. The molecule has 0 spiro atoms. The first-order chi connectivity index (χ1) is 23.4. The molecule has 5 N–H and O–H groups in total. The maximum absolute atomic E-state index is 12.4. The number of nitrogens with one attached hydrogen (secondary N) is 2. The van der Waals surface area contributed by atoms with Crippen molar-refractivity contribution in [1.29, 1.82) is 0 Å². The lowest BCUT2D eigenvalue weighted by Gasteiger charge is -2.38. The van der Waals surface area contributed by atoms with Crippen LogP contribution in [0.5, 0.6) is 0 Å². The number of hydrogen-bond acceptors (Lipinski definition) is 8. The Morgan fingerprint density at radius 3 is 2.25 bits per heavy atom. The van der Waals surface area contributed by atoms with Crippen molar-refractivity contribution < 1.29 is 34.5 Å². The molecule has 0 aromatic heterocycles. The summed E-state index contributed by atoms with van der Waals surface area (Å²) in [5.74, 6) is -0.378. The molecule has 2 saturated heterocycles. The molecule has 5 rings (SSSR count). The standard InChI is InChI=1S/C38H49N3O7/c42-25-27-12-14-30(15-13-27)35-22-34(24-41-20-6-9-33(41)26-43)47-38(48-35)31-18-16-29(17-19-31)32-8-5-7-28(21-32)23-39-36(44)10-3-1-2-4-11-37(45)40-46/h5,7-8,12-19,21,33-35,38,42-43,46H,1-4,6,9-11,20,22-26H2,(H,39,44)(H,40,45). The van der Waals surface area contributed by atoms with Crippen LogP contribution in [0.25, 0.3) is 11.1 Å². The van der Waals surface area contributed by atoms with E-state index in [2.05, 4.69) is 34.5 Å². The second-order valence-corrected chi connectivity index (χ2v) is 12.9. The summed E-state index contributed by atoms with van der Waals surface area (Å²) < 4.78 is 13.1. The number of ether oxygens (including phenoxy) is 2. The van der Waals surface area contributed by atoms with E-state index in [9.17, 15) is 19.8 Å². The van der Waals surface area contributed by atoms with Crippen molar-refractivity contribution in [1.82, 2.24) is 15.7 Å². The van der Waals surface area contributed by atoms with Crippen LogP contribution in [0, 0.1) is 0 Å². The molecular weight excluding hydrogens is 610 g/mol. The van der Waals surface area contributed by atoms with Gasteiger partial charge in [-0.1, -0.05) is 79.6 Å². The summed E-state index contributed by atoms with van der Waals surface area (Å²) in [5.41, 5.74) is 7.59. The van der Waals surface area contributed by atoms with Crippen molar-refractivity contribution in [3.05, 3.63) is 95.1 Å². The van der Waals surface area contributed by atoms with Gasteiger partial charge in [-0.25, -0.2) is 5.48 Å². The molecule has 0 saturated carbocycles. The van der Waals surface area contributed by atoms with E-state index in [1.807, 2.05) is 48.5 Å². The van der Waals surface area contributed by atoms with E-state index < -0.39 is 6.29 Å². The molecule has 2 fully saturated rings. The largest absolute Gasteiger partial charge is 0.395 e. The topological polar surface area (TPSA) is 141 Å². The molecule has 10 nitrogen and oxygen atoms in total. The number of unbranched alkanes of at least 4 members (excludes halogenated alkanes) is 3. The summed E-state index contributed by atoms with van der Waals surface area (Å²) in [5, 5.41) is 30.9. The molecule has 4 atom stereocenters. The fourth-order valence-corrected chi connectivity index (χ4v) is 6.60. The molecule has 4 unspecified atom stereocenters. The average molecular weight is 660 g/mol. The van der Waals surface area contributed by atoms with E-state index in [4.69, 9.17) is 14.7 Å². The van der Waals surface area contributed by atoms with Crippen molar-refractivity contribution in [3.63, 3.8) is 0 Å². The molecule has 2 aliphatic rings.